The van der Waals surface area contributed by atoms with Crippen LogP contribution in [0.25, 0.3) is 0 Å². The first-order valence-corrected chi connectivity index (χ1v) is 19.6. The van der Waals surface area contributed by atoms with Gasteiger partial charge in [0.25, 0.3) is 0 Å². The summed E-state index contributed by atoms with van der Waals surface area (Å²) in [5.41, 5.74) is 2.17. The van der Waals surface area contributed by atoms with Crippen LogP contribution in [0.15, 0.2) is 17.1 Å². The Kier molecular flexibility index (Phi) is 25.9. The number of ether oxygens (including phenoxy) is 2. The van der Waals surface area contributed by atoms with Gasteiger partial charge >= 0.3 is 6.09 Å². The maximum Gasteiger partial charge on any atom is 0.409 e. The Morgan fingerprint density at radius 1 is 0.786 bits per heavy atom. The molecule has 0 aliphatic rings. The highest BCUT2D eigenvalue weighted by atomic mass is 32.2. The van der Waals surface area contributed by atoms with Crippen LogP contribution >= 0.6 is 23.1 Å². The number of rotatable bonds is 30. The summed E-state index contributed by atoms with van der Waals surface area (Å²) in [6.45, 7) is 8.09. The summed E-state index contributed by atoms with van der Waals surface area (Å²) in [6, 6.07) is 0. The summed E-state index contributed by atoms with van der Waals surface area (Å²) >= 11 is 3.47. The third-order valence-corrected chi connectivity index (χ3v) is 10.2. The monoisotopic (exact) mass is 627 g/mol. The maximum absolute atomic E-state index is 12.5. The van der Waals surface area contributed by atoms with E-state index in [-0.39, 0.29) is 10.8 Å². The Labute approximate surface area is 268 Å². The maximum atomic E-state index is 12.5. The quantitative estimate of drug-likeness (QED) is 0.0629. The second kappa shape index (κ2) is 27.7. The highest BCUT2D eigenvalue weighted by molar-refractivity contribution is 8.00. The normalized spacial score (nSPS) is 12.9. The second-order valence-electron chi connectivity index (χ2n) is 12.5. The Morgan fingerprint density at radius 3 is 1.83 bits per heavy atom. The van der Waals surface area contributed by atoms with Crippen LogP contribution in [0.5, 0.6) is 0 Å². The number of thiazole rings is 1. The number of aromatic nitrogens is 1. The lowest BCUT2D eigenvalue weighted by molar-refractivity contribution is -0.692. The Morgan fingerprint density at radius 2 is 1.31 bits per heavy atom. The molecular formula is C35H67N2O3S2+. The summed E-state index contributed by atoms with van der Waals surface area (Å²) in [5.74, 6) is 0. The van der Waals surface area contributed by atoms with Crippen LogP contribution in [0, 0.1) is 0 Å². The first-order valence-electron chi connectivity index (χ1n) is 17.4. The minimum Gasteiger partial charge on any atom is -0.448 e. The zero-order valence-corrected chi connectivity index (χ0v) is 29.7. The molecule has 0 aliphatic heterocycles. The van der Waals surface area contributed by atoms with Crippen molar-refractivity contribution in [2.75, 3.05) is 39.7 Å². The van der Waals surface area contributed by atoms with E-state index in [1.54, 1.807) is 28.0 Å². The predicted octanol–water partition coefficient (Wildman–Crippen LogP) is 10.5. The van der Waals surface area contributed by atoms with E-state index in [1.165, 1.54) is 122 Å². The van der Waals surface area contributed by atoms with Gasteiger partial charge in [0.2, 0.25) is 5.51 Å². The van der Waals surface area contributed by atoms with Gasteiger partial charge in [0.05, 0.1) is 16.7 Å². The zero-order chi connectivity index (χ0) is 30.6. The second-order valence-corrected chi connectivity index (χ2v) is 14.7. The largest absolute Gasteiger partial charge is 0.448 e. The fourth-order valence-electron chi connectivity index (χ4n) is 5.18. The van der Waals surface area contributed by atoms with E-state index in [0.29, 0.717) is 13.2 Å². The van der Waals surface area contributed by atoms with Crippen LogP contribution in [0.1, 0.15) is 149 Å². The van der Waals surface area contributed by atoms with Crippen LogP contribution in [0.3, 0.4) is 0 Å². The molecule has 1 atom stereocenters. The molecule has 0 spiro atoms. The van der Waals surface area contributed by atoms with Gasteiger partial charge in [0, 0.05) is 26.6 Å². The number of carbonyl (C=O) groups excluding carboxylic acids is 1. The minimum atomic E-state index is -0.211. The van der Waals surface area contributed by atoms with Gasteiger partial charge < -0.3 is 14.4 Å². The fraction of sp³-hybridized carbons (Fsp3) is 0.886. The van der Waals surface area contributed by atoms with Gasteiger partial charge in [-0.3, -0.25) is 0 Å². The molecule has 1 heterocycles. The van der Waals surface area contributed by atoms with Crippen LogP contribution in [0.2, 0.25) is 0 Å². The lowest BCUT2D eigenvalue weighted by Gasteiger charge is -2.28. The van der Waals surface area contributed by atoms with Crippen molar-refractivity contribution >= 4 is 29.2 Å². The predicted molar refractivity (Wildman–Crippen MR) is 184 cm³/mol. The highest BCUT2D eigenvalue weighted by Gasteiger charge is 2.26. The average molecular weight is 628 g/mol. The van der Waals surface area contributed by atoms with Gasteiger partial charge in [-0.1, -0.05) is 127 Å². The van der Waals surface area contributed by atoms with Crippen molar-refractivity contribution in [1.29, 1.82) is 0 Å². The Hall–Kier alpha value is -0.790. The lowest BCUT2D eigenvalue weighted by atomic mass is 10.0. The average Bonchev–Trinajstić information content (AvgIpc) is 3.52. The summed E-state index contributed by atoms with van der Waals surface area (Å²) < 4.78 is 13.7. The SMILES string of the molecule is CCCCCCCCCCCCCCCCCCN(C)C(=O)OCC(C)(COCCCCCCC[n+]1ccsc1)SC. The van der Waals surface area contributed by atoms with Gasteiger partial charge in [-0.25, -0.2) is 4.79 Å². The summed E-state index contributed by atoms with van der Waals surface area (Å²) in [7, 11) is 1.86. The van der Waals surface area contributed by atoms with Crippen molar-refractivity contribution in [1.82, 2.24) is 4.90 Å². The highest BCUT2D eigenvalue weighted by Crippen LogP contribution is 2.24. The smallest absolute Gasteiger partial charge is 0.409 e. The van der Waals surface area contributed by atoms with E-state index < -0.39 is 0 Å². The molecule has 0 aliphatic carbocycles. The molecule has 7 heteroatoms. The number of unbranched alkanes of at least 4 members (excludes halogenated alkanes) is 19. The van der Waals surface area contributed by atoms with Gasteiger partial charge in [-0.15, -0.1) is 0 Å². The summed E-state index contributed by atoms with van der Waals surface area (Å²) in [4.78, 5) is 14.3. The van der Waals surface area contributed by atoms with Crippen molar-refractivity contribution in [3.63, 3.8) is 0 Å². The van der Waals surface area contributed by atoms with E-state index in [4.69, 9.17) is 9.47 Å². The molecule has 246 valence electrons. The van der Waals surface area contributed by atoms with Crippen LogP contribution in [0.4, 0.5) is 4.79 Å². The van der Waals surface area contributed by atoms with Crippen molar-refractivity contribution in [3.8, 4) is 0 Å². The number of hydrogen-bond donors (Lipinski definition) is 0. The van der Waals surface area contributed by atoms with E-state index in [0.717, 1.165) is 32.5 Å². The molecule has 1 aromatic rings. The molecule has 0 radical (unpaired) electrons. The lowest BCUT2D eigenvalue weighted by Crippen LogP contribution is -2.37. The van der Waals surface area contributed by atoms with Gasteiger partial charge in [-0.05, 0) is 32.4 Å². The third kappa shape index (κ3) is 22.7. The molecule has 1 amide bonds. The van der Waals surface area contributed by atoms with Crippen molar-refractivity contribution in [2.24, 2.45) is 0 Å². The minimum absolute atomic E-state index is 0.206. The third-order valence-electron chi connectivity index (χ3n) is 8.29. The van der Waals surface area contributed by atoms with E-state index in [1.807, 2.05) is 7.05 Å². The Balaban J connectivity index is 1.93. The van der Waals surface area contributed by atoms with Gasteiger partial charge in [0.15, 0.2) is 6.20 Å². The molecule has 1 rings (SSSR count). The van der Waals surface area contributed by atoms with Crippen molar-refractivity contribution in [3.05, 3.63) is 17.1 Å². The van der Waals surface area contributed by atoms with E-state index >= 15 is 0 Å². The molecule has 0 bridgehead atoms. The van der Waals surface area contributed by atoms with Gasteiger partial charge in [0.1, 0.15) is 13.2 Å². The number of hydrogen-bond acceptors (Lipinski definition) is 5. The molecule has 0 N–H and O–H groups in total. The number of aryl methyl sites for hydroxylation is 1. The molecule has 1 aromatic heterocycles. The van der Waals surface area contributed by atoms with Gasteiger partial charge in [-0.2, -0.15) is 16.3 Å². The van der Waals surface area contributed by atoms with Crippen LogP contribution in [-0.4, -0.2) is 55.4 Å². The first-order chi connectivity index (χ1) is 20.5. The molecule has 42 heavy (non-hydrogen) atoms. The summed E-state index contributed by atoms with van der Waals surface area (Å²) in [5, 5.41) is 2.13. The standard InChI is InChI=1S/C35H67N2O3S2/c1-5-6-7-8-9-10-11-12-13-14-15-16-17-18-20-23-26-36(3)34(38)40-32-35(2,41-4)31-39-29-25-22-19-21-24-27-37-28-30-42-33-37/h28,30,33H,5-27,29,31-32H2,1-4H3/q+1. The van der Waals surface area contributed by atoms with Crippen molar-refractivity contribution < 1.29 is 18.8 Å². The number of thioether (sulfide) groups is 1. The number of amides is 1. The van der Waals surface area contributed by atoms with Crippen LogP contribution in [-0.2, 0) is 16.0 Å². The molecule has 1 unspecified atom stereocenters. The molecule has 0 aromatic carbocycles. The first kappa shape index (κ1) is 39.2. The molecule has 5 nitrogen and oxygen atoms in total. The Bertz CT molecular complexity index is 719. The zero-order valence-electron chi connectivity index (χ0n) is 28.1. The molecular weight excluding hydrogens is 561 g/mol. The van der Waals surface area contributed by atoms with Crippen molar-refractivity contribution in [2.45, 2.75) is 160 Å². The summed E-state index contributed by atoms with van der Waals surface area (Å²) in [6.07, 6.45) is 31.9. The molecule has 0 fully saturated rings. The molecule has 0 saturated carbocycles. The van der Waals surface area contributed by atoms with E-state index in [2.05, 4.69) is 41.8 Å². The van der Waals surface area contributed by atoms with E-state index in [9.17, 15) is 4.79 Å². The fourth-order valence-corrected chi connectivity index (χ4v) is 6.19. The number of nitrogens with zero attached hydrogens (tertiary/aromatic N) is 2. The molecule has 0 saturated heterocycles. The van der Waals surface area contributed by atoms with Crippen LogP contribution < -0.4 is 4.57 Å². The topological polar surface area (TPSA) is 42.7 Å². The number of carbonyl (C=O) groups is 1.